The van der Waals surface area contributed by atoms with Crippen LogP contribution in [0.15, 0.2) is 29.4 Å². The first kappa shape index (κ1) is 4.43. The highest BCUT2D eigenvalue weighted by Crippen LogP contribution is 1.85. The molecule has 0 spiro atoms. The van der Waals surface area contributed by atoms with Crippen molar-refractivity contribution in [1.82, 2.24) is 10.1 Å². The van der Waals surface area contributed by atoms with Crippen LogP contribution in [0.25, 0.3) is 5.52 Å². The van der Waals surface area contributed by atoms with Gasteiger partial charge < -0.3 is 0 Å². The number of nitrogens with zero attached hydrogens (tertiary/aromatic N) is 3. The molecule has 2 heterocycles. The molecular weight excluding hydrogens is 118 g/mol. The van der Waals surface area contributed by atoms with Gasteiger partial charge in [-0.1, -0.05) is 4.63 Å². The van der Waals surface area contributed by atoms with Gasteiger partial charge in [-0.05, 0) is 4.57 Å². The molecule has 0 saturated carbocycles. The van der Waals surface area contributed by atoms with Crippen LogP contribution in [-0.4, -0.2) is 10.1 Å². The summed E-state index contributed by atoms with van der Waals surface area (Å²) in [6, 6.07) is 0. The Balaban J connectivity index is 2.95. The summed E-state index contributed by atoms with van der Waals surface area (Å²) in [5.74, 6) is 0. The standard InChI is InChI=1S/C5H4N3O/c1-2-8-5(3-6-1)4-7-9-8/h1-4H/q+1. The maximum atomic E-state index is 4.74. The first-order chi connectivity index (χ1) is 4.47. The van der Waals surface area contributed by atoms with Gasteiger partial charge in [0.1, 0.15) is 0 Å². The Kier molecular flexibility index (Phi) is 0.745. The molecule has 0 aromatic carbocycles. The molecule has 2 aromatic heterocycles. The van der Waals surface area contributed by atoms with Crippen molar-refractivity contribution in [3.05, 3.63) is 24.8 Å². The van der Waals surface area contributed by atoms with Crippen LogP contribution in [-0.2, 0) is 0 Å². The fourth-order valence-corrected chi connectivity index (χ4v) is 0.654. The third-order valence-electron chi connectivity index (χ3n) is 1.07. The average molecular weight is 122 g/mol. The van der Waals surface area contributed by atoms with E-state index in [1.54, 1.807) is 24.8 Å². The van der Waals surface area contributed by atoms with Gasteiger partial charge in [0, 0.05) is 0 Å². The highest BCUT2D eigenvalue weighted by atomic mass is 16.6. The Morgan fingerprint density at radius 3 is 3.33 bits per heavy atom. The van der Waals surface area contributed by atoms with E-state index >= 15 is 0 Å². The Morgan fingerprint density at radius 1 is 1.44 bits per heavy atom. The summed E-state index contributed by atoms with van der Waals surface area (Å²) in [4.78, 5) is 3.86. The van der Waals surface area contributed by atoms with Crippen LogP contribution in [0.5, 0.6) is 0 Å². The minimum atomic E-state index is 0.859. The molecule has 0 saturated heterocycles. The summed E-state index contributed by atoms with van der Waals surface area (Å²) in [7, 11) is 0. The van der Waals surface area contributed by atoms with E-state index in [1.807, 2.05) is 0 Å². The maximum Gasteiger partial charge on any atom is 0.240 e. The summed E-state index contributed by atoms with van der Waals surface area (Å²) in [6.45, 7) is 0. The second-order valence-electron chi connectivity index (χ2n) is 1.64. The van der Waals surface area contributed by atoms with Gasteiger partial charge >= 0.3 is 0 Å². The highest BCUT2D eigenvalue weighted by molar-refractivity contribution is 5.29. The normalized spacial score (nSPS) is 10.2. The van der Waals surface area contributed by atoms with Gasteiger partial charge in [-0.2, -0.15) is 0 Å². The van der Waals surface area contributed by atoms with Crippen molar-refractivity contribution < 1.29 is 9.20 Å². The van der Waals surface area contributed by atoms with E-state index in [9.17, 15) is 0 Å². The predicted molar refractivity (Wildman–Crippen MR) is 27.5 cm³/mol. The molecule has 2 rings (SSSR count). The van der Waals surface area contributed by atoms with Crippen LogP contribution in [0.3, 0.4) is 0 Å². The lowest BCUT2D eigenvalue weighted by Crippen LogP contribution is -2.16. The molecule has 0 unspecified atom stereocenters. The monoisotopic (exact) mass is 122 g/mol. The van der Waals surface area contributed by atoms with Gasteiger partial charge in [-0.25, -0.2) is 0 Å². The zero-order valence-electron chi connectivity index (χ0n) is 4.56. The molecule has 2 aromatic rings. The van der Waals surface area contributed by atoms with Crippen molar-refractivity contribution in [1.29, 1.82) is 0 Å². The zero-order chi connectivity index (χ0) is 6.10. The molecule has 0 bridgehead atoms. The zero-order valence-corrected chi connectivity index (χ0v) is 4.56. The average Bonchev–Trinajstić information content (AvgIpc) is 2.33. The molecule has 0 aliphatic heterocycles. The predicted octanol–water partition coefficient (Wildman–Crippen LogP) is -0.192. The number of rotatable bonds is 0. The number of fused-ring (bicyclic) bond motifs is 1. The number of hydrogen-bond donors (Lipinski definition) is 0. The topological polar surface area (TPSA) is 43.0 Å². The van der Waals surface area contributed by atoms with Crippen molar-refractivity contribution in [3.63, 3.8) is 0 Å². The first-order valence-electron chi connectivity index (χ1n) is 2.53. The summed E-state index contributed by atoms with van der Waals surface area (Å²) >= 11 is 0. The van der Waals surface area contributed by atoms with E-state index in [4.69, 9.17) is 4.63 Å². The maximum absolute atomic E-state index is 4.74. The molecule has 0 aliphatic rings. The second-order valence-corrected chi connectivity index (χ2v) is 1.64. The number of hydrogen-bond acceptors (Lipinski definition) is 3. The quantitative estimate of drug-likeness (QED) is 0.455. The lowest BCUT2D eigenvalue weighted by Gasteiger charge is -1.74. The molecule has 4 heteroatoms. The van der Waals surface area contributed by atoms with E-state index in [0.717, 1.165) is 5.52 Å². The Labute approximate surface area is 50.7 Å². The molecule has 0 radical (unpaired) electrons. The van der Waals surface area contributed by atoms with Gasteiger partial charge in [-0.15, -0.1) is 0 Å². The fraction of sp³-hybridized carbons (Fsp3) is 0. The van der Waals surface area contributed by atoms with Crippen LogP contribution in [0.2, 0.25) is 0 Å². The van der Waals surface area contributed by atoms with Crippen LogP contribution < -0.4 is 4.57 Å². The van der Waals surface area contributed by atoms with Crippen LogP contribution in [0.4, 0.5) is 0 Å². The van der Waals surface area contributed by atoms with Crippen molar-refractivity contribution >= 4 is 5.52 Å². The lowest BCUT2D eigenvalue weighted by molar-refractivity contribution is -0.729. The largest absolute Gasteiger partial charge is 0.256 e. The van der Waals surface area contributed by atoms with Crippen molar-refractivity contribution in [2.75, 3.05) is 0 Å². The van der Waals surface area contributed by atoms with E-state index < -0.39 is 0 Å². The van der Waals surface area contributed by atoms with Gasteiger partial charge in [0.05, 0.1) is 12.4 Å². The first-order valence-corrected chi connectivity index (χ1v) is 2.53. The lowest BCUT2D eigenvalue weighted by atomic mass is 10.6. The second kappa shape index (κ2) is 1.51. The highest BCUT2D eigenvalue weighted by Gasteiger charge is 2.00. The van der Waals surface area contributed by atoms with Gasteiger partial charge in [-0.3, -0.25) is 4.98 Å². The molecule has 44 valence electrons. The van der Waals surface area contributed by atoms with Crippen molar-refractivity contribution in [2.45, 2.75) is 0 Å². The van der Waals surface area contributed by atoms with E-state index in [2.05, 4.69) is 10.1 Å². The smallest absolute Gasteiger partial charge is 0.240 e. The Morgan fingerprint density at radius 2 is 2.44 bits per heavy atom. The molecule has 0 amide bonds. The molecule has 4 nitrogen and oxygen atoms in total. The summed E-state index contributed by atoms with van der Waals surface area (Å²) in [5.41, 5.74) is 0.859. The summed E-state index contributed by atoms with van der Waals surface area (Å²) in [5, 5.41) is 3.55. The summed E-state index contributed by atoms with van der Waals surface area (Å²) < 4.78 is 6.28. The number of aromatic nitrogens is 3. The molecule has 0 atom stereocenters. The van der Waals surface area contributed by atoms with E-state index in [-0.39, 0.29) is 0 Å². The molecule has 0 fully saturated rings. The SMILES string of the molecule is c1c[n+]2oncc2cn1. The Bertz CT molecular complexity index is 286. The Hall–Kier alpha value is -1.45. The minimum Gasteiger partial charge on any atom is -0.256 e. The van der Waals surface area contributed by atoms with Crippen molar-refractivity contribution in [2.24, 2.45) is 0 Å². The minimum absolute atomic E-state index is 0.859. The molecule has 0 aliphatic carbocycles. The van der Waals surface area contributed by atoms with E-state index in [1.165, 1.54) is 4.57 Å². The van der Waals surface area contributed by atoms with Gasteiger partial charge in [0.2, 0.25) is 11.7 Å². The molecule has 9 heavy (non-hydrogen) atoms. The third-order valence-corrected chi connectivity index (χ3v) is 1.07. The van der Waals surface area contributed by atoms with Gasteiger partial charge in [0.25, 0.3) is 0 Å². The molecule has 0 N–H and O–H groups in total. The summed E-state index contributed by atoms with van der Waals surface area (Å²) in [6.07, 6.45) is 6.62. The third kappa shape index (κ3) is 0.561. The van der Waals surface area contributed by atoms with Gasteiger partial charge in [0.15, 0.2) is 11.4 Å². The van der Waals surface area contributed by atoms with E-state index in [0.29, 0.717) is 0 Å². The van der Waals surface area contributed by atoms with Crippen LogP contribution >= 0.6 is 0 Å². The van der Waals surface area contributed by atoms with Crippen molar-refractivity contribution in [3.8, 4) is 0 Å². The fourth-order valence-electron chi connectivity index (χ4n) is 0.654. The molecular formula is C5H4N3O+. The van der Waals surface area contributed by atoms with Crippen LogP contribution in [0.1, 0.15) is 0 Å². The van der Waals surface area contributed by atoms with Crippen LogP contribution in [0, 0.1) is 0 Å².